The Morgan fingerprint density at radius 1 is 1.17 bits per heavy atom. The summed E-state index contributed by atoms with van der Waals surface area (Å²) in [6.07, 6.45) is 2.21. The van der Waals surface area contributed by atoms with Gasteiger partial charge >= 0.3 is 11.9 Å². The van der Waals surface area contributed by atoms with Crippen molar-refractivity contribution in [3.63, 3.8) is 0 Å². The summed E-state index contributed by atoms with van der Waals surface area (Å²) in [6.45, 7) is 0.604. The molecule has 0 fully saturated rings. The molecule has 0 saturated carbocycles. The standard InChI is InChI=1S/C10H9NO2.C6H14N2O2/c12-10(13)6-8-5-7-3-1-2-4-9(7)11-8;7-4-2-1-3-5(8)6(9)10/h1-5,11H,6H2,(H,12,13);5H,1-4,7-8H2,(H,9,10)/t;5-/m.0/s1. The van der Waals surface area contributed by atoms with Gasteiger partial charge in [0, 0.05) is 11.2 Å². The van der Waals surface area contributed by atoms with Gasteiger partial charge in [0.1, 0.15) is 6.04 Å². The second-order valence-electron chi connectivity index (χ2n) is 5.18. The fraction of sp³-hybridized carbons (Fsp3) is 0.375. The van der Waals surface area contributed by atoms with Crippen molar-refractivity contribution in [2.24, 2.45) is 11.5 Å². The SMILES string of the molecule is NCCCC[C@H](N)C(=O)O.O=C(O)Cc1cc2ccccc2[nH]1. The number of aromatic amines is 1. The summed E-state index contributed by atoms with van der Waals surface area (Å²) in [6, 6.07) is 8.89. The van der Waals surface area contributed by atoms with Crippen LogP contribution in [0.4, 0.5) is 0 Å². The third-order valence-corrected chi connectivity index (χ3v) is 3.21. The van der Waals surface area contributed by atoms with Gasteiger partial charge < -0.3 is 26.7 Å². The number of nitrogens with two attached hydrogens (primary N) is 2. The van der Waals surface area contributed by atoms with Crippen molar-refractivity contribution in [2.45, 2.75) is 31.7 Å². The first-order chi connectivity index (χ1) is 10.9. The van der Waals surface area contributed by atoms with E-state index in [-0.39, 0.29) is 6.42 Å². The second kappa shape index (κ2) is 9.60. The van der Waals surface area contributed by atoms with Crippen molar-refractivity contribution >= 4 is 22.8 Å². The Bertz CT molecular complexity index is 606. The minimum Gasteiger partial charge on any atom is -0.481 e. The lowest BCUT2D eigenvalue weighted by atomic mass is 10.1. The largest absolute Gasteiger partial charge is 0.481 e. The van der Waals surface area contributed by atoms with E-state index in [4.69, 9.17) is 21.7 Å². The fourth-order valence-electron chi connectivity index (χ4n) is 2.02. The van der Waals surface area contributed by atoms with Crippen LogP contribution in [0.2, 0.25) is 0 Å². The van der Waals surface area contributed by atoms with Gasteiger partial charge in [0.05, 0.1) is 6.42 Å². The molecule has 0 bridgehead atoms. The molecule has 1 heterocycles. The number of aliphatic carboxylic acids is 2. The average Bonchev–Trinajstić information content (AvgIpc) is 2.89. The molecule has 0 saturated heterocycles. The van der Waals surface area contributed by atoms with Crippen molar-refractivity contribution in [2.75, 3.05) is 6.54 Å². The summed E-state index contributed by atoms with van der Waals surface area (Å²) in [7, 11) is 0. The highest BCUT2D eigenvalue weighted by atomic mass is 16.4. The monoisotopic (exact) mass is 321 g/mol. The lowest BCUT2D eigenvalue weighted by Gasteiger charge is -2.03. The minimum absolute atomic E-state index is 0.0503. The molecular formula is C16H23N3O4. The number of fused-ring (bicyclic) bond motifs is 1. The number of rotatable bonds is 7. The van der Waals surface area contributed by atoms with E-state index in [9.17, 15) is 9.59 Å². The molecule has 7 heteroatoms. The van der Waals surface area contributed by atoms with Gasteiger partial charge in [-0.25, -0.2) is 0 Å². The maximum atomic E-state index is 10.4. The number of hydrogen-bond donors (Lipinski definition) is 5. The van der Waals surface area contributed by atoms with Crippen molar-refractivity contribution < 1.29 is 19.8 Å². The lowest BCUT2D eigenvalue weighted by Crippen LogP contribution is -2.29. The van der Waals surface area contributed by atoms with Gasteiger partial charge in [-0.3, -0.25) is 9.59 Å². The van der Waals surface area contributed by atoms with Crippen LogP contribution in [0.5, 0.6) is 0 Å². The van der Waals surface area contributed by atoms with Gasteiger partial charge in [0.25, 0.3) is 0 Å². The number of hydrogen-bond acceptors (Lipinski definition) is 4. The molecule has 126 valence electrons. The number of carboxylic acids is 2. The molecule has 1 atom stereocenters. The zero-order valence-corrected chi connectivity index (χ0v) is 12.9. The third-order valence-electron chi connectivity index (χ3n) is 3.21. The Hall–Kier alpha value is -2.38. The van der Waals surface area contributed by atoms with Crippen LogP contribution in [-0.2, 0) is 16.0 Å². The topological polar surface area (TPSA) is 142 Å². The van der Waals surface area contributed by atoms with Gasteiger partial charge in [0.2, 0.25) is 0 Å². The molecule has 0 spiro atoms. The number of benzene rings is 1. The normalized spacial score (nSPS) is 11.6. The first-order valence-electron chi connectivity index (χ1n) is 7.41. The highest BCUT2D eigenvalue weighted by molar-refractivity contribution is 5.82. The summed E-state index contributed by atoms with van der Waals surface area (Å²) in [5.74, 6) is -1.75. The van der Waals surface area contributed by atoms with E-state index in [0.29, 0.717) is 13.0 Å². The van der Waals surface area contributed by atoms with Crippen LogP contribution in [0.3, 0.4) is 0 Å². The Balaban J connectivity index is 0.000000241. The average molecular weight is 321 g/mol. The van der Waals surface area contributed by atoms with Gasteiger partial charge in [-0.1, -0.05) is 24.6 Å². The highest BCUT2D eigenvalue weighted by Gasteiger charge is 2.09. The molecule has 0 unspecified atom stereocenters. The van der Waals surface area contributed by atoms with Crippen molar-refractivity contribution in [1.29, 1.82) is 0 Å². The van der Waals surface area contributed by atoms with Crippen LogP contribution in [0.1, 0.15) is 25.0 Å². The molecule has 23 heavy (non-hydrogen) atoms. The predicted octanol–water partition coefficient (Wildman–Crippen LogP) is 1.32. The number of unbranched alkanes of at least 4 members (excludes halogenated alkanes) is 1. The summed E-state index contributed by atoms with van der Waals surface area (Å²) >= 11 is 0. The maximum absolute atomic E-state index is 10.4. The third kappa shape index (κ3) is 6.94. The number of carboxylic acid groups (broad SMARTS) is 2. The first-order valence-corrected chi connectivity index (χ1v) is 7.41. The van der Waals surface area contributed by atoms with Crippen molar-refractivity contribution in [3.8, 4) is 0 Å². The fourth-order valence-corrected chi connectivity index (χ4v) is 2.02. The van der Waals surface area contributed by atoms with E-state index >= 15 is 0 Å². The molecule has 0 aliphatic heterocycles. The van der Waals surface area contributed by atoms with Gasteiger partial charge in [-0.15, -0.1) is 0 Å². The Morgan fingerprint density at radius 3 is 2.43 bits per heavy atom. The van der Waals surface area contributed by atoms with E-state index in [1.165, 1.54) is 0 Å². The van der Waals surface area contributed by atoms with E-state index in [2.05, 4.69) is 4.98 Å². The number of H-pyrrole nitrogens is 1. The van der Waals surface area contributed by atoms with Gasteiger partial charge in [-0.2, -0.15) is 0 Å². The molecule has 7 nitrogen and oxygen atoms in total. The van der Waals surface area contributed by atoms with Gasteiger partial charge in [-0.05, 0) is 36.9 Å². The van der Waals surface area contributed by atoms with E-state index in [1.54, 1.807) is 0 Å². The minimum atomic E-state index is -0.933. The van der Waals surface area contributed by atoms with Crippen LogP contribution >= 0.6 is 0 Å². The van der Waals surface area contributed by atoms with Gasteiger partial charge in [0.15, 0.2) is 0 Å². The number of carbonyl (C=O) groups is 2. The maximum Gasteiger partial charge on any atom is 0.320 e. The van der Waals surface area contributed by atoms with Crippen molar-refractivity contribution in [3.05, 3.63) is 36.0 Å². The number of nitrogens with one attached hydrogen (secondary N) is 1. The molecule has 2 rings (SSSR count). The molecule has 0 radical (unpaired) electrons. The first kappa shape index (κ1) is 18.7. The molecule has 2 aromatic rings. The van der Waals surface area contributed by atoms with Crippen LogP contribution in [0.15, 0.2) is 30.3 Å². The van der Waals surface area contributed by atoms with Crippen LogP contribution in [0.25, 0.3) is 10.9 Å². The van der Waals surface area contributed by atoms with E-state index < -0.39 is 18.0 Å². The Morgan fingerprint density at radius 2 is 1.87 bits per heavy atom. The summed E-state index contributed by atoms with van der Waals surface area (Å²) in [4.78, 5) is 23.6. The molecule has 0 amide bonds. The quantitative estimate of drug-likeness (QED) is 0.487. The van der Waals surface area contributed by atoms with Crippen LogP contribution in [-0.4, -0.2) is 39.7 Å². The Labute approximate surface area is 134 Å². The summed E-state index contributed by atoms with van der Waals surface area (Å²) in [5.41, 5.74) is 12.1. The number of para-hydroxylation sites is 1. The van der Waals surface area contributed by atoms with E-state index in [1.807, 2.05) is 30.3 Å². The highest BCUT2D eigenvalue weighted by Crippen LogP contribution is 2.14. The Kier molecular flexibility index (Phi) is 7.79. The second-order valence-corrected chi connectivity index (χ2v) is 5.18. The van der Waals surface area contributed by atoms with Crippen molar-refractivity contribution in [1.82, 2.24) is 4.98 Å². The molecule has 0 aliphatic rings. The van der Waals surface area contributed by atoms with Crippen LogP contribution in [0, 0.1) is 0 Å². The molecule has 1 aromatic carbocycles. The predicted molar refractivity (Wildman–Crippen MR) is 88.2 cm³/mol. The lowest BCUT2D eigenvalue weighted by molar-refractivity contribution is -0.139. The van der Waals surface area contributed by atoms with E-state index in [0.717, 1.165) is 29.4 Å². The summed E-state index contributed by atoms with van der Waals surface area (Å²) < 4.78 is 0. The zero-order chi connectivity index (χ0) is 17.2. The smallest absolute Gasteiger partial charge is 0.320 e. The van der Waals surface area contributed by atoms with Crippen LogP contribution < -0.4 is 11.5 Å². The summed E-state index contributed by atoms with van der Waals surface area (Å²) in [5, 5.41) is 18.0. The molecule has 0 aliphatic carbocycles. The number of aromatic nitrogens is 1. The zero-order valence-electron chi connectivity index (χ0n) is 12.9. The molecular weight excluding hydrogens is 298 g/mol. The molecule has 1 aromatic heterocycles. The molecule has 7 N–H and O–H groups in total.